The van der Waals surface area contributed by atoms with Crippen LogP contribution in [0.3, 0.4) is 0 Å². The summed E-state index contributed by atoms with van der Waals surface area (Å²) in [4.78, 5) is 0. The number of allylic oxidation sites excluding steroid dienone is 2. The molecular weight excluding hydrogens is 417 g/mol. The summed E-state index contributed by atoms with van der Waals surface area (Å²) in [6.45, 7) is 2.39. The molecule has 0 heterocycles. The minimum Gasteiger partial charge on any atom is -1.00 e. The van der Waals surface area contributed by atoms with Crippen molar-refractivity contribution >= 4 is 25.3 Å². The second-order valence-electron chi connectivity index (χ2n) is 7.20. The average molecular weight is 438 g/mol. The minimum absolute atomic E-state index is 0. The van der Waals surface area contributed by atoms with E-state index in [9.17, 15) is 0 Å². The number of hydrogen-bond donors (Lipinski definition) is 0. The molecule has 0 nitrogen and oxygen atoms in total. The molecule has 0 fully saturated rings. The van der Waals surface area contributed by atoms with Crippen LogP contribution in [0.5, 0.6) is 0 Å². The van der Waals surface area contributed by atoms with E-state index in [0.717, 1.165) is 8.58 Å². The number of benzene rings is 3. The van der Waals surface area contributed by atoms with E-state index in [-0.39, 0.29) is 28.6 Å². The Hall–Kier alpha value is -1.86. The molecule has 0 saturated heterocycles. The van der Waals surface area contributed by atoms with Gasteiger partial charge in [0.15, 0.2) is 0 Å². The summed E-state index contributed by atoms with van der Waals surface area (Å²) in [6.07, 6.45) is 4.79. The molecule has 5 rings (SSSR count). The fourth-order valence-electron chi connectivity index (χ4n) is 4.19. The zero-order valence-corrected chi connectivity index (χ0v) is 18.6. The first-order chi connectivity index (χ1) is 13.3. The van der Waals surface area contributed by atoms with Crippen LogP contribution in [0.25, 0.3) is 11.4 Å². The van der Waals surface area contributed by atoms with Gasteiger partial charge in [-0.1, -0.05) is 0 Å². The molecule has 29 heavy (non-hydrogen) atoms. The summed E-state index contributed by atoms with van der Waals surface area (Å²) in [5.74, 6) is 0. The van der Waals surface area contributed by atoms with Gasteiger partial charge in [0.1, 0.15) is 0 Å². The van der Waals surface area contributed by atoms with Gasteiger partial charge in [-0.05, 0) is 0 Å². The van der Waals surface area contributed by atoms with Gasteiger partial charge in [-0.3, -0.25) is 0 Å². The van der Waals surface area contributed by atoms with Gasteiger partial charge >= 0.3 is 173 Å². The van der Waals surface area contributed by atoms with Gasteiger partial charge in [-0.2, -0.15) is 0 Å². The third-order valence-electron chi connectivity index (χ3n) is 5.56. The summed E-state index contributed by atoms with van der Waals surface area (Å²) in [5, 5.41) is 3.02. The maximum atomic E-state index is 2.46. The Morgan fingerprint density at radius 3 is 2.21 bits per heavy atom. The molecule has 0 saturated carbocycles. The predicted molar refractivity (Wildman–Crippen MR) is 114 cm³/mol. The van der Waals surface area contributed by atoms with Crippen LogP contribution in [0.4, 0.5) is 0 Å². The third-order valence-corrected chi connectivity index (χ3v) is 10.1. The van der Waals surface area contributed by atoms with Crippen LogP contribution in [0.2, 0.25) is 0 Å². The number of fused-ring (bicyclic) bond motifs is 2. The SMILES string of the molecule is CC1=C(Pc2ccccc2)c2ccccc2[CH]1[Ti+2][CH]1C=Cc2ccccc21.[F-].[F-]. The molecule has 0 aromatic heterocycles. The first-order valence-electron chi connectivity index (χ1n) is 9.46. The summed E-state index contributed by atoms with van der Waals surface area (Å²) in [7, 11) is 0.750. The number of rotatable bonds is 4. The fraction of sp³-hybridized carbons (Fsp3) is 0.120. The second-order valence-corrected chi connectivity index (χ2v) is 10.9. The van der Waals surface area contributed by atoms with E-state index >= 15 is 0 Å². The van der Waals surface area contributed by atoms with Crippen LogP contribution in [-0.2, 0) is 19.2 Å². The van der Waals surface area contributed by atoms with E-state index in [0.29, 0.717) is 8.45 Å². The summed E-state index contributed by atoms with van der Waals surface area (Å²) in [5.41, 5.74) is 7.66. The quantitative estimate of drug-likeness (QED) is 0.407. The standard InChI is InChI=1S/C16H14P.C9H7.2FH.Ti/c1-12-11-13-7-5-6-10-15(13)16(12)17-14-8-3-2-4-9-14;1-2-5-9-7-3-6-8(9)4-1;;;/h2-11,17H,1H3;1-7H;2*1H;/q;;;;+2/p-2. The summed E-state index contributed by atoms with van der Waals surface area (Å²) >= 11 is -0.209. The smallest absolute Gasteiger partial charge is 1.00 e. The molecule has 2 aliphatic carbocycles. The predicted octanol–water partition coefficient (Wildman–Crippen LogP) is 0.335. The van der Waals surface area contributed by atoms with Crippen LogP contribution in [0.15, 0.2) is 90.5 Å². The number of hydrogen-bond acceptors (Lipinski definition) is 0. The molecule has 0 amide bonds. The van der Waals surface area contributed by atoms with Crippen molar-refractivity contribution in [2.75, 3.05) is 0 Å². The number of halogens is 2. The van der Waals surface area contributed by atoms with Crippen molar-refractivity contribution in [3.05, 3.63) is 113 Å². The second kappa shape index (κ2) is 9.31. The normalized spacial score (nSPS) is 18.8. The van der Waals surface area contributed by atoms with Crippen LogP contribution >= 0.6 is 8.58 Å². The van der Waals surface area contributed by atoms with Crippen LogP contribution in [0, 0.1) is 0 Å². The maximum Gasteiger partial charge on any atom is -1.00 e. The molecule has 3 unspecified atom stereocenters. The van der Waals surface area contributed by atoms with E-state index in [1.807, 2.05) is 0 Å². The Bertz CT molecular complexity index is 1060. The van der Waals surface area contributed by atoms with Crippen LogP contribution in [0.1, 0.15) is 37.6 Å². The Labute approximate surface area is 181 Å². The van der Waals surface area contributed by atoms with Gasteiger partial charge in [0.2, 0.25) is 0 Å². The van der Waals surface area contributed by atoms with Gasteiger partial charge in [0.25, 0.3) is 0 Å². The van der Waals surface area contributed by atoms with E-state index in [2.05, 4.69) is 97.9 Å². The van der Waals surface area contributed by atoms with Crippen molar-refractivity contribution in [2.45, 2.75) is 15.4 Å². The van der Waals surface area contributed by atoms with Crippen molar-refractivity contribution < 1.29 is 28.6 Å². The van der Waals surface area contributed by atoms with Gasteiger partial charge in [-0.25, -0.2) is 0 Å². The molecule has 3 aromatic rings. The molecule has 0 radical (unpaired) electrons. The largest absolute Gasteiger partial charge is 1.00 e. The van der Waals surface area contributed by atoms with Gasteiger partial charge in [0.05, 0.1) is 0 Å². The average Bonchev–Trinajstić information content (AvgIpc) is 3.24. The Kier molecular flexibility index (Phi) is 7.01. The first kappa shape index (κ1) is 21.8. The van der Waals surface area contributed by atoms with Crippen molar-refractivity contribution in [3.63, 3.8) is 0 Å². The molecule has 0 spiro atoms. The topological polar surface area (TPSA) is 0 Å². The molecule has 4 heteroatoms. The molecule has 144 valence electrons. The molecule has 3 atom stereocenters. The van der Waals surface area contributed by atoms with E-state index < -0.39 is 0 Å². The molecule has 0 N–H and O–H groups in total. The van der Waals surface area contributed by atoms with Crippen LogP contribution < -0.4 is 14.7 Å². The fourth-order valence-corrected chi connectivity index (χ4v) is 8.63. The molecule has 0 bridgehead atoms. The third kappa shape index (κ3) is 4.08. The van der Waals surface area contributed by atoms with Gasteiger partial charge < -0.3 is 9.41 Å². The van der Waals surface area contributed by atoms with E-state index in [1.54, 1.807) is 22.0 Å². The van der Waals surface area contributed by atoms with Gasteiger partial charge in [0, 0.05) is 0 Å². The molecule has 0 aliphatic heterocycles. The van der Waals surface area contributed by atoms with Crippen LogP contribution in [-0.4, -0.2) is 0 Å². The monoisotopic (exact) mass is 438 g/mol. The molecule has 3 aromatic carbocycles. The Morgan fingerprint density at radius 2 is 1.41 bits per heavy atom. The Morgan fingerprint density at radius 1 is 0.759 bits per heavy atom. The summed E-state index contributed by atoms with van der Waals surface area (Å²) in [6, 6.07) is 29.0. The zero-order valence-electron chi connectivity index (χ0n) is 16.1. The van der Waals surface area contributed by atoms with Crippen molar-refractivity contribution in [1.29, 1.82) is 0 Å². The molecular formula is C25H21F2PTi. The van der Waals surface area contributed by atoms with E-state index in [4.69, 9.17) is 0 Å². The zero-order chi connectivity index (χ0) is 18.2. The van der Waals surface area contributed by atoms with Crippen molar-refractivity contribution in [3.8, 4) is 0 Å². The van der Waals surface area contributed by atoms with Gasteiger partial charge in [-0.15, -0.1) is 0 Å². The minimum atomic E-state index is -0.209. The Balaban J connectivity index is 0.00000120. The maximum absolute atomic E-state index is 2.46. The summed E-state index contributed by atoms with van der Waals surface area (Å²) < 4.78 is 1.29. The van der Waals surface area contributed by atoms with Crippen molar-refractivity contribution in [1.82, 2.24) is 0 Å². The first-order valence-corrected chi connectivity index (χ1v) is 12.3. The molecule has 2 aliphatic rings. The van der Waals surface area contributed by atoms with E-state index in [1.165, 1.54) is 16.4 Å². The van der Waals surface area contributed by atoms with Crippen molar-refractivity contribution in [2.24, 2.45) is 0 Å².